The maximum atomic E-state index is 11.6. The van der Waals surface area contributed by atoms with E-state index in [2.05, 4.69) is 15.0 Å². The van der Waals surface area contributed by atoms with E-state index >= 15 is 0 Å². The summed E-state index contributed by atoms with van der Waals surface area (Å²) in [7, 11) is 0. The van der Waals surface area contributed by atoms with Crippen LogP contribution in [0.3, 0.4) is 0 Å². The minimum atomic E-state index is -0.792. The molecule has 19 heavy (non-hydrogen) atoms. The van der Waals surface area contributed by atoms with Crippen molar-refractivity contribution in [2.75, 3.05) is 5.73 Å². The number of halogens is 1. The molecule has 8 nitrogen and oxygen atoms in total. The van der Waals surface area contributed by atoms with Crippen LogP contribution in [0.15, 0.2) is 22.4 Å². The first-order valence-corrected chi connectivity index (χ1v) is 5.91. The minimum absolute atomic E-state index is 0.00842. The second-order valence-electron chi connectivity index (χ2n) is 4.11. The van der Waals surface area contributed by atoms with E-state index in [1.165, 1.54) is 16.4 Å². The topological polar surface area (TPSA) is 119 Å². The fourth-order valence-electron chi connectivity index (χ4n) is 2.01. The number of ether oxygens (including phenoxy) is 1. The van der Waals surface area contributed by atoms with E-state index in [1.807, 2.05) is 0 Å². The molecule has 0 unspecified atom stereocenters. The maximum absolute atomic E-state index is 11.6. The summed E-state index contributed by atoms with van der Waals surface area (Å²) in [5.74, 6) is 0.261. The van der Waals surface area contributed by atoms with Gasteiger partial charge in [0.15, 0.2) is 17.4 Å². The molecule has 4 N–H and O–H groups in total. The number of hydrogen-bond acceptors (Lipinski definition) is 6. The summed E-state index contributed by atoms with van der Waals surface area (Å²) in [4.78, 5) is 22.0. The second-order valence-corrected chi connectivity index (χ2v) is 4.33. The first-order chi connectivity index (χ1) is 9.10. The number of nitrogens with one attached hydrogen (secondary N) is 1. The number of aliphatic hydroxyl groups is 1. The molecule has 0 radical (unpaired) electrons. The number of fused-ring (bicyclic) bond motifs is 1. The molecule has 0 amide bonds. The highest BCUT2D eigenvalue weighted by Gasteiger charge is 2.32. The summed E-state index contributed by atoms with van der Waals surface area (Å²) in [6.45, 7) is 0. The molecule has 0 bridgehead atoms. The molecule has 1 aliphatic rings. The van der Waals surface area contributed by atoms with E-state index in [1.54, 1.807) is 0 Å². The van der Waals surface area contributed by atoms with Crippen molar-refractivity contribution in [3.63, 3.8) is 0 Å². The van der Waals surface area contributed by atoms with Gasteiger partial charge in [0.2, 0.25) is 5.95 Å². The number of imidazole rings is 1. The van der Waals surface area contributed by atoms with Gasteiger partial charge in [0, 0.05) is 12.0 Å². The van der Waals surface area contributed by atoms with Gasteiger partial charge in [0.1, 0.15) is 18.2 Å². The fraction of sp³-hybridized carbons (Fsp3) is 0.300. The molecule has 100 valence electrons. The lowest BCUT2D eigenvalue weighted by Gasteiger charge is -2.11. The summed E-state index contributed by atoms with van der Waals surface area (Å²) in [6.07, 6.45) is 0.386. The molecule has 9 heteroatoms. The lowest BCUT2D eigenvalue weighted by Crippen LogP contribution is -2.14. The van der Waals surface area contributed by atoms with Gasteiger partial charge in [-0.1, -0.05) is 11.6 Å². The van der Waals surface area contributed by atoms with Crippen LogP contribution in [-0.2, 0) is 4.74 Å². The first kappa shape index (κ1) is 12.0. The smallest absolute Gasteiger partial charge is 0.280 e. The Morgan fingerprint density at radius 1 is 1.68 bits per heavy atom. The van der Waals surface area contributed by atoms with Crippen molar-refractivity contribution in [2.45, 2.75) is 18.8 Å². The third-order valence-electron chi connectivity index (χ3n) is 2.89. The van der Waals surface area contributed by atoms with Crippen LogP contribution < -0.4 is 11.3 Å². The number of aromatic amines is 1. The molecular weight excluding hydrogens is 274 g/mol. The van der Waals surface area contributed by atoms with Gasteiger partial charge < -0.3 is 15.6 Å². The van der Waals surface area contributed by atoms with Crippen LogP contribution in [0.1, 0.15) is 12.6 Å². The van der Waals surface area contributed by atoms with Gasteiger partial charge in [-0.15, -0.1) is 0 Å². The summed E-state index contributed by atoms with van der Waals surface area (Å²) >= 11 is 5.54. The molecule has 2 atom stereocenters. The molecule has 2 aromatic rings. The van der Waals surface area contributed by atoms with Gasteiger partial charge in [-0.05, 0) is 0 Å². The van der Waals surface area contributed by atoms with E-state index in [-0.39, 0.29) is 17.2 Å². The van der Waals surface area contributed by atoms with Gasteiger partial charge in [-0.25, -0.2) is 4.98 Å². The summed E-state index contributed by atoms with van der Waals surface area (Å²) in [5.41, 5.74) is 6.72. The molecule has 0 saturated carbocycles. The Morgan fingerprint density at radius 2 is 2.47 bits per heavy atom. The van der Waals surface area contributed by atoms with Crippen LogP contribution in [0.5, 0.6) is 0 Å². The van der Waals surface area contributed by atoms with Crippen LogP contribution in [0.2, 0.25) is 0 Å². The molecule has 1 saturated heterocycles. The lowest BCUT2D eigenvalue weighted by molar-refractivity contribution is 0.101. The summed E-state index contributed by atoms with van der Waals surface area (Å²) in [5, 5.41) is 9.71. The maximum Gasteiger partial charge on any atom is 0.280 e. The quantitative estimate of drug-likeness (QED) is 0.681. The Morgan fingerprint density at radius 3 is 3.16 bits per heavy atom. The van der Waals surface area contributed by atoms with Gasteiger partial charge >= 0.3 is 0 Å². The van der Waals surface area contributed by atoms with Crippen molar-refractivity contribution in [1.29, 1.82) is 0 Å². The standard InChI is InChI=1S/C10H10ClN5O3/c11-2-5-4(17)1-6(19-5)16-3-13-7-8(16)14-10(12)15-9(7)18/h2-4,6,17H,1H2,(H3,12,14,15,18)/b5-2+/t4-,6+/m0/s1. The molecule has 3 rings (SSSR count). The Bertz CT molecular complexity index is 722. The van der Waals surface area contributed by atoms with Gasteiger partial charge in [-0.2, -0.15) is 4.98 Å². The van der Waals surface area contributed by atoms with Crippen molar-refractivity contribution < 1.29 is 9.84 Å². The number of H-pyrrole nitrogens is 1. The Balaban J connectivity index is 2.10. The molecule has 1 fully saturated rings. The Hall–Kier alpha value is -2.06. The summed E-state index contributed by atoms with van der Waals surface area (Å²) < 4.78 is 7.00. The largest absolute Gasteiger partial charge is 0.471 e. The van der Waals surface area contributed by atoms with Crippen LogP contribution in [0, 0.1) is 0 Å². The van der Waals surface area contributed by atoms with Gasteiger partial charge in [0.05, 0.1) is 0 Å². The van der Waals surface area contributed by atoms with Crippen molar-refractivity contribution in [3.8, 4) is 0 Å². The van der Waals surface area contributed by atoms with E-state index in [4.69, 9.17) is 22.1 Å². The second kappa shape index (κ2) is 4.25. The molecule has 0 aliphatic carbocycles. The molecular formula is C10H10ClN5O3. The van der Waals surface area contributed by atoms with E-state index in [9.17, 15) is 9.90 Å². The lowest BCUT2D eigenvalue weighted by atomic mass is 10.2. The first-order valence-electron chi connectivity index (χ1n) is 5.47. The van der Waals surface area contributed by atoms with Gasteiger partial charge in [-0.3, -0.25) is 14.3 Å². The predicted molar refractivity (Wildman–Crippen MR) is 67.2 cm³/mol. The van der Waals surface area contributed by atoms with Gasteiger partial charge in [0.25, 0.3) is 5.56 Å². The SMILES string of the molecule is Nc1nc2c(ncn2[C@H]2C[C@H](O)/C(=C\Cl)O2)c(=O)[nH]1. The molecule has 1 aliphatic heterocycles. The number of anilines is 1. The normalized spacial score (nSPS) is 25.1. The average molecular weight is 284 g/mol. The highest BCUT2D eigenvalue weighted by molar-refractivity contribution is 6.25. The van der Waals surface area contributed by atoms with E-state index in [0.29, 0.717) is 12.1 Å². The third kappa shape index (κ3) is 1.85. The Kier molecular flexibility index (Phi) is 2.68. The minimum Gasteiger partial charge on any atom is -0.471 e. The number of aromatic nitrogens is 4. The number of nitrogens with two attached hydrogens (primary N) is 1. The van der Waals surface area contributed by atoms with Crippen molar-refractivity contribution in [3.05, 3.63) is 28.0 Å². The van der Waals surface area contributed by atoms with Crippen LogP contribution in [0.4, 0.5) is 5.95 Å². The zero-order chi connectivity index (χ0) is 13.6. The van der Waals surface area contributed by atoms with Crippen LogP contribution in [-0.4, -0.2) is 30.7 Å². The average Bonchev–Trinajstić information content (AvgIpc) is 2.92. The number of aliphatic hydroxyl groups excluding tert-OH is 1. The Labute approximate surface area is 111 Å². The molecule has 2 aromatic heterocycles. The predicted octanol–water partition coefficient (Wildman–Crippen LogP) is 0.0618. The number of nitrogen functional groups attached to an aromatic ring is 1. The molecule has 0 spiro atoms. The van der Waals surface area contributed by atoms with Crippen molar-refractivity contribution in [1.82, 2.24) is 19.5 Å². The van der Waals surface area contributed by atoms with Crippen LogP contribution >= 0.6 is 11.6 Å². The number of hydrogen-bond donors (Lipinski definition) is 3. The third-order valence-corrected chi connectivity index (χ3v) is 3.11. The van der Waals surface area contributed by atoms with Crippen molar-refractivity contribution >= 4 is 28.7 Å². The van der Waals surface area contributed by atoms with Crippen LogP contribution in [0.25, 0.3) is 11.2 Å². The molecule has 0 aromatic carbocycles. The molecule has 3 heterocycles. The fourth-order valence-corrected chi connectivity index (χ4v) is 2.21. The van der Waals surface area contributed by atoms with E-state index < -0.39 is 17.9 Å². The summed E-state index contributed by atoms with van der Waals surface area (Å²) in [6, 6.07) is 0. The number of nitrogens with zero attached hydrogens (tertiary/aromatic N) is 3. The monoisotopic (exact) mass is 283 g/mol. The van der Waals surface area contributed by atoms with E-state index in [0.717, 1.165) is 0 Å². The highest BCUT2D eigenvalue weighted by atomic mass is 35.5. The number of rotatable bonds is 1. The zero-order valence-corrected chi connectivity index (χ0v) is 10.3. The van der Waals surface area contributed by atoms with Crippen molar-refractivity contribution in [2.24, 2.45) is 0 Å². The highest BCUT2D eigenvalue weighted by Crippen LogP contribution is 2.32. The zero-order valence-electron chi connectivity index (χ0n) is 9.58.